The summed E-state index contributed by atoms with van der Waals surface area (Å²) >= 11 is 0. The number of fused-ring (bicyclic) bond motifs is 6. The maximum Gasteiger partial charge on any atom is 0.234 e. The van der Waals surface area contributed by atoms with E-state index >= 15 is 0 Å². The van der Waals surface area contributed by atoms with Crippen LogP contribution in [0.2, 0.25) is 0 Å². The highest BCUT2D eigenvalue weighted by Gasteiger charge is 2.17. The summed E-state index contributed by atoms with van der Waals surface area (Å²) in [5.41, 5.74) is 12.1. The standard InChI is InChI=1S/C45H29N5/c1-2-10-35(11-3-1)49-41-15-6-4-12-36(41)38-26-32(21-23-43(38)49)33-22-24-44-39(27-33)37-13-5-7-16-42(37)50(44)45-47-28-34(29-48-45)30-17-19-31(20-18-30)40-14-8-9-25-46-40/h1-29H. The fraction of sp³-hybridized carbons (Fsp3) is 0. The van der Waals surface area contributed by atoms with Crippen molar-refractivity contribution in [1.82, 2.24) is 24.1 Å². The van der Waals surface area contributed by atoms with Gasteiger partial charge in [0.1, 0.15) is 0 Å². The lowest BCUT2D eigenvalue weighted by molar-refractivity contribution is 0.990. The van der Waals surface area contributed by atoms with E-state index in [1.165, 1.54) is 43.7 Å². The van der Waals surface area contributed by atoms with Gasteiger partial charge in [-0.2, -0.15) is 0 Å². The van der Waals surface area contributed by atoms with Gasteiger partial charge in [0.25, 0.3) is 0 Å². The van der Waals surface area contributed by atoms with Gasteiger partial charge in [-0.25, -0.2) is 9.97 Å². The minimum absolute atomic E-state index is 0.646. The van der Waals surface area contributed by atoms with E-state index in [0.717, 1.165) is 39.1 Å². The second kappa shape index (κ2) is 11.4. The minimum Gasteiger partial charge on any atom is -0.309 e. The predicted molar refractivity (Wildman–Crippen MR) is 205 cm³/mol. The summed E-state index contributed by atoms with van der Waals surface area (Å²) in [5.74, 6) is 0.646. The summed E-state index contributed by atoms with van der Waals surface area (Å²) in [5, 5.41) is 4.83. The molecule has 0 N–H and O–H groups in total. The Kier molecular flexibility index (Phi) is 6.42. The van der Waals surface area contributed by atoms with Crippen molar-refractivity contribution in [1.29, 1.82) is 0 Å². The van der Waals surface area contributed by atoms with Gasteiger partial charge in [0.05, 0.1) is 27.8 Å². The average Bonchev–Trinajstić information content (AvgIpc) is 3.71. The molecule has 0 saturated carbocycles. The first-order valence-corrected chi connectivity index (χ1v) is 16.8. The lowest BCUT2D eigenvalue weighted by Crippen LogP contribution is -2.00. The summed E-state index contributed by atoms with van der Waals surface area (Å²) in [4.78, 5) is 14.2. The molecule has 0 aliphatic heterocycles. The van der Waals surface area contributed by atoms with Gasteiger partial charge in [-0.3, -0.25) is 9.55 Å². The van der Waals surface area contributed by atoms with Crippen LogP contribution in [0.5, 0.6) is 0 Å². The van der Waals surface area contributed by atoms with Crippen LogP contribution in [-0.2, 0) is 0 Å². The highest BCUT2D eigenvalue weighted by Crippen LogP contribution is 2.38. The van der Waals surface area contributed by atoms with Crippen molar-refractivity contribution >= 4 is 43.6 Å². The monoisotopic (exact) mass is 639 g/mol. The number of nitrogens with zero attached hydrogens (tertiary/aromatic N) is 5. The Morgan fingerprint density at radius 2 is 0.860 bits per heavy atom. The van der Waals surface area contributed by atoms with Crippen LogP contribution in [0.1, 0.15) is 0 Å². The molecule has 0 aliphatic carbocycles. The van der Waals surface area contributed by atoms with Crippen molar-refractivity contribution in [3.05, 3.63) is 176 Å². The summed E-state index contributed by atoms with van der Waals surface area (Å²) in [6.45, 7) is 0. The van der Waals surface area contributed by atoms with E-state index in [-0.39, 0.29) is 0 Å². The topological polar surface area (TPSA) is 48.5 Å². The van der Waals surface area contributed by atoms with Crippen LogP contribution < -0.4 is 0 Å². The fourth-order valence-corrected chi connectivity index (χ4v) is 7.33. The molecule has 0 radical (unpaired) electrons. The summed E-state index contributed by atoms with van der Waals surface area (Å²) in [6.07, 6.45) is 5.64. The molecule has 50 heavy (non-hydrogen) atoms. The van der Waals surface area contributed by atoms with Crippen molar-refractivity contribution in [2.45, 2.75) is 0 Å². The quantitative estimate of drug-likeness (QED) is 0.188. The smallest absolute Gasteiger partial charge is 0.234 e. The Bertz CT molecular complexity index is 2830. The molecular weight excluding hydrogens is 611 g/mol. The molecule has 4 aromatic heterocycles. The van der Waals surface area contributed by atoms with Gasteiger partial charge in [0.2, 0.25) is 5.95 Å². The molecule has 5 nitrogen and oxygen atoms in total. The average molecular weight is 640 g/mol. The van der Waals surface area contributed by atoms with Gasteiger partial charge in [-0.15, -0.1) is 0 Å². The number of aromatic nitrogens is 5. The van der Waals surface area contributed by atoms with Gasteiger partial charge in [-0.05, 0) is 77.4 Å². The van der Waals surface area contributed by atoms with Crippen molar-refractivity contribution in [2.75, 3.05) is 0 Å². The van der Waals surface area contributed by atoms with Crippen LogP contribution in [0.15, 0.2) is 176 Å². The minimum atomic E-state index is 0.646. The van der Waals surface area contributed by atoms with Crippen molar-refractivity contribution < 1.29 is 0 Å². The van der Waals surface area contributed by atoms with Crippen molar-refractivity contribution in [3.63, 3.8) is 0 Å². The number of pyridine rings is 1. The summed E-state index contributed by atoms with van der Waals surface area (Å²) in [7, 11) is 0. The number of hydrogen-bond donors (Lipinski definition) is 0. The molecule has 5 heteroatoms. The number of benzene rings is 6. The van der Waals surface area contributed by atoms with Crippen molar-refractivity contribution in [3.8, 4) is 45.1 Å². The molecular formula is C45H29N5. The summed E-state index contributed by atoms with van der Waals surface area (Å²) < 4.78 is 4.52. The first kappa shape index (κ1) is 28.2. The third-order valence-corrected chi connectivity index (χ3v) is 9.71. The van der Waals surface area contributed by atoms with E-state index in [1.54, 1.807) is 0 Å². The Balaban J connectivity index is 1.05. The predicted octanol–water partition coefficient (Wildman–Crippen LogP) is 11.1. The van der Waals surface area contributed by atoms with E-state index in [1.807, 2.05) is 36.8 Å². The highest BCUT2D eigenvalue weighted by atomic mass is 15.1. The number of rotatable bonds is 5. The molecule has 0 saturated heterocycles. The molecule has 0 amide bonds. The first-order chi connectivity index (χ1) is 24.8. The zero-order valence-electron chi connectivity index (χ0n) is 27.0. The maximum absolute atomic E-state index is 4.89. The molecule has 10 rings (SSSR count). The van der Waals surface area contributed by atoms with E-state index in [2.05, 4.69) is 154 Å². The molecule has 0 spiro atoms. The molecule has 0 aliphatic rings. The van der Waals surface area contributed by atoms with Crippen molar-refractivity contribution in [2.24, 2.45) is 0 Å². The maximum atomic E-state index is 4.89. The lowest BCUT2D eigenvalue weighted by Gasteiger charge is -2.09. The van der Waals surface area contributed by atoms with Gasteiger partial charge in [0.15, 0.2) is 0 Å². The number of para-hydroxylation sites is 3. The molecule has 10 aromatic rings. The molecule has 6 aromatic carbocycles. The largest absolute Gasteiger partial charge is 0.309 e. The molecule has 234 valence electrons. The Labute approximate surface area is 288 Å². The van der Waals surface area contributed by atoms with Gasteiger partial charge in [0, 0.05) is 56.9 Å². The Morgan fingerprint density at radius 3 is 1.50 bits per heavy atom. The second-order valence-corrected chi connectivity index (χ2v) is 12.6. The first-order valence-electron chi connectivity index (χ1n) is 16.8. The van der Waals surface area contributed by atoms with Crippen LogP contribution in [0.25, 0.3) is 88.8 Å². The van der Waals surface area contributed by atoms with Crippen LogP contribution in [0.3, 0.4) is 0 Å². The lowest BCUT2D eigenvalue weighted by atomic mass is 10.0. The van der Waals surface area contributed by atoms with Crippen LogP contribution in [0.4, 0.5) is 0 Å². The fourth-order valence-electron chi connectivity index (χ4n) is 7.33. The van der Waals surface area contributed by atoms with Gasteiger partial charge < -0.3 is 4.57 Å². The second-order valence-electron chi connectivity index (χ2n) is 12.6. The van der Waals surface area contributed by atoms with E-state index in [0.29, 0.717) is 5.95 Å². The summed E-state index contributed by atoms with van der Waals surface area (Å²) in [6, 6.07) is 55.7. The van der Waals surface area contributed by atoms with Gasteiger partial charge >= 0.3 is 0 Å². The molecule has 4 heterocycles. The third-order valence-electron chi connectivity index (χ3n) is 9.71. The Morgan fingerprint density at radius 1 is 0.340 bits per heavy atom. The highest BCUT2D eigenvalue weighted by molar-refractivity contribution is 6.12. The molecule has 0 atom stereocenters. The number of hydrogen-bond acceptors (Lipinski definition) is 3. The van der Waals surface area contributed by atoms with E-state index in [9.17, 15) is 0 Å². The molecule has 0 bridgehead atoms. The zero-order chi connectivity index (χ0) is 33.0. The van der Waals surface area contributed by atoms with Gasteiger partial charge in [-0.1, -0.05) is 97.1 Å². The van der Waals surface area contributed by atoms with Crippen LogP contribution in [-0.4, -0.2) is 24.1 Å². The Hall–Kier alpha value is -6.85. The molecule has 0 unspecified atom stereocenters. The SMILES string of the molecule is c1ccc(-n2c3ccccc3c3cc(-c4ccc5c(c4)c4ccccc4n5-c4ncc(-c5ccc(-c6ccccn6)cc5)cn4)ccc32)cc1. The van der Waals surface area contributed by atoms with Crippen LogP contribution in [0, 0.1) is 0 Å². The molecule has 0 fully saturated rings. The van der Waals surface area contributed by atoms with E-state index < -0.39 is 0 Å². The van der Waals surface area contributed by atoms with E-state index in [4.69, 9.17) is 9.97 Å². The normalized spacial score (nSPS) is 11.6. The zero-order valence-corrected chi connectivity index (χ0v) is 27.0. The third kappa shape index (κ3) is 4.52. The van der Waals surface area contributed by atoms with Crippen LogP contribution >= 0.6 is 0 Å².